The average Bonchev–Trinajstić information content (AvgIpc) is 3.79. The van der Waals surface area contributed by atoms with Gasteiger partial charge in [-0.2, -0.15) is 18.3 Å². The Morgan fingerprint density at radius 3 is 2.62 bits per heavy atom. The molecule has 208 valence electrons. The van der Waals surface area contributed by atoms with Crippen LogP contribution in [0.5, 0.6) is 0 Å². The van der Waals surface area contributed by atoms with Crippen LogP contribution >= 0.6 is 11.3 Å². The van der Waals surface area contributed by atoms with E-state index in [1.54, 1.807) is 10.9 Å². The minimum atomic E-state index is -4.57. The number of rotatable bonds is 8. The highest BCUT2D eigenvalue weighted by Crippen LogP contribution is 2.48. The zero-order valence-electron chi connectivity index (χ0n) is 21.5. The zero-order valence-corrected chi connectivity index (χ0v) is 22.3. The summed E-state index contributed by atoms with van der Waals surface area (Å²) in [5, 5.41) is 21.3. The summed E-state index contributed by atoms with van der Waals surface area (Å²) >= 11 is 1.46. The molecular weight excluding hydrogens is 533 g/mol. The van der Waals surface area contributed by atoms with Crippen LogP contribution in [0.25, 0.3) is 0 Å². The molecule has 6 rings (SSSR count). The van der Waals surface area contributed by atoms with E-state index >= 15 is 0 Å². The number of carbonyl (C=O) groups excluding carboxylic acids is 2. The SMILES string of the molecule is C[C@H]1c2c(sc(NC(=O)C3CC3)c2C(=O)NCC2CC2)CC[C@@H]1n1cnnc1Nc1cc(C(F)(F)F)nn1C. The Hall–Kier alpha value is -3.42. The molecule has 14 heteroatoms. The van der Waals surface area contributed by atoms with Crippen molar-refractivity contribution in [3.05, 3.63) is 34.1 Å². The van der Waals surface area contributed by atoms with Crippen LogP contribution in [-0.4, -0.2) is 42.9 Å². The number of alkyl halides is 3. The highest BCUT2D eigenvalue weighted by molar-refractivity contribution is 7.17. The van der Waals surface area contributed by atoms with Crippen LogP contribution < -0.4 is 16.0 Å². The quantitative estimate of drug-likeness (QED) is 0.369. The lowest BCUT2D eigenvalue weighted by Crippen LogP contribution is -2.30. The second-order valence-corrected chi connectivity index (χ2v) is 11.8. The van der Waals surface area contributed by atoms with Crippen molar-refractivity contribution in [1.29, 1.82) is 0 Å². The number of anilines is 3. The molecule has 3 aliphatic rings. The van der Waals surface area contributed by atoms with Crippen LogP contribution in [0.4, 0.5) is 29.9 Å². The van der Waals surface area contributed by atoms with Gasteiger partial charge in [0.25, 0.3) is 5.91 Å². The van der Waals surface area contributed by atoms with E-state index in [9.17, 15) is 22.8 Å². The summed E-state index contributed by atoms with van der Waals surface area (Å²) in [6, 6.07) is 0.763. The molecule has 3 N–H and O–H groups in total. The van der Waals surface area contributed by atoms with Crippen LogP contribution in [0.2, 0.25) is 0 Å². The van der Waals surface area contributed by atoms with Crippen molar-refractivity contribution in [2.24, 2.45) is 18.9 Å². The molecule has 0 aliphatic heterocycles. The maximum absolute atomic E-state index is 13.5. The Balaban J connectivity index is 1.29. The number of aryl methyl sites for hydroxylation is 2. The molecule has 3 aromatic rings. The third-order valence-electron chi connectivity index (χ3n) is 7.72. The first-order valence-corrected chi connectivity index (χ1v) is 13.9. The van der Waals surface area contributed by atoms with Crippen LogP contribution in [0.3, 0.4) is 0 Å². The largest absolute Gasteiger partial charge is 0.435 e. The predicted molar refractivity (Wildman–Crippen MR) is 138 cm³/mol. The minimum Gasteiger partial charge on any atom is -0.352 e. The summed E-state index contributed by atoms with van der Waals surface area (Å²) < 4.78 is 42.4. The van der Waals surface area contributed by atoms with Gasteiger partial charge in [0, 0.05) is 42.4 Å². The number of hydrogen-bond acceptors (Lipinski definition) is 7. The van der Waals surface area contributed by atoms with E-state index in [-0.39, 0.29) is 41.5 Å². The summed E-state index contributed by atoms with van der Waals surface area (Å²) in [6.07, 6.45) is 2.31. The number of hydrogen-bond donors (Lipinski definition) is 3. The van der Waals surface area contributed by atoms with Crippen molar-refractivity contribution in [3.63, 3.8) is 0 Å². The Bertz CT molecular complexity index is 1420. The maximum Gasteiger partial charge on any atom is 0.435 e. The smallest absolute Gasteiger partial charge is 0.352 e. The standard InChI is InChI=1S/C25H29F3N8O2S/c1-12-15(36-11-30-33-24(36)31-18-9-17(25(26,27)28)34-35(18)2)7-8-16-19(12)20(22(38)29-10-13-3-4-13)23(39-16)32-21(37)14-5-6-14/h9,11-15H,3-8,10H2,1-2H3,(H,29,38)(H,31,33)(H,32,37)/t12-,15+/m1/s1. The molecule has 0 unspecified atom stereocenters. The number of nitrogens with one attached hydrogen (secondary N) is 3. The summed E-state index contributed by atoms with van der Waals surface area (Å²) in [6.45, 7) is 2.64. The molecule has 2 amide bonds. The topological polar surface area (TPSA) is 119 Å². The van der Waals surface area contributed by atoms with Crippen LogP contribution in [-0.2, 0) is 24.4 Å². The van der Waals surface area contributed by atoms with E-state index in [2.05, 4.69) is 31.2 Å². The molecule has 0 bridgehead atoms. The Labute approximate surface area is 226 Å². The lowest BCUT2D eigenvalue weighted by Gasteiger charge is -2.31. The maximum atomic E-state index is 13.5. The van der Waals surface area contributed by atoms with Gasteiger partial charge in [0.05, 0.1) is 5.56 Å². The zero-order chi connectivity index (χ0) is 27.5. The molecule has 2 fully saturated rings. The molecule has 0 saturated heterocycles. The molecule has 0 spiro atoms. The Morgan fingerprint density at radius 1 is 1.18 bits per heavy atom. The summed E-state index contributed by atoms with van der Waals surface area (Å²) in [5.74, 6) is 0.544. The van der Waals surface area contributed by atoms with Gasteiger partial charge in [-0.1, -0.05) is 6.92 Å². The summed E-state index contributed by atoms with van der Waals surface area (Å²) in [7, 11) is 1.42. The second kappa shape index (κ2) is 9.65. The second-order valence-electron chi connectivity index (χ2n) is 10.7. The van der Waals surface area contributed by atoms with E-state index < -0.39 is 11.9 Å². The van der Waals surface area contributed by atoms with Gasteiger partial charge >= 0.3 is 6.18 Å². The molecular formula is C25H29F3N8O2S. The Kier molecular flexibility index (Phi) is 6.39. The van der Waals surface area contributed by atoms with Crippen molar-refractivity contribution in [3.8, 4) is 0 Å². The molecule has 0 radical (unpaired) electrons. The van der Waals surface area contributed by atoms with Gasteiger partial charge in [-0.3, -0.25) is 18.8 Å². The highest BCUT2D eigenvalue weighted by Gasteiger charge is 2.39. The molecule has 39 heavy (non-hydrogen) atoms. The van der Waals surface area contributed by atoms with E-state index in [0.717, 1.165) is 46.9 Å². The van der Waals surface area contributed by atoms with Crippen molar-refractivity contribution >= 4 is 39.9 Å². The normalized spacial score (nSPS) is 20.9. The lowest BCUT2D eigenvalue weighted by atomic mass is 9.82. The van der Waals surface area contributed by atoms with Crippen molar-refractivity contribution < 1.29 is 22.8 Å². The minimum absolute atomic E-state index is 0.00666. The number of halogens is 3. The summed E-state index contributed by atoms with van der Waals surface area (Å²) in [5.41, 5.74) is 0.413. The van der Waals surface area contributed by atoms with Gasteiger partial charge < -0.3 is 16.0 Å². The number of aromatic nitrogens is 5. The molecule has 2 saturated carbocycles. The van der Waals surface area contributed by atoms with Crippen LogP contribution in [0.15, 0.2) is 12.4 Å². The number of thiophene rings is 1. The van der Waals surface area contributed by atoms with Crippen LogP contribution in [0.1, 0.15) is 77.5 Å². The van der Waals surface area contributed by atoms with Gasteiger partial charge in [-0.05, 0) is 50.0 Å². The molecule has 3 aromatic heterocycles. The summed E-state index contributed by atoms with van der Waals surface area (Å²) in [4.78, 5) is 27.2. The molecule has 2 atom stereocenters. The molecule has 3 aliphatic carbocycles. The van der Waals surface area contributed by atoms with Crippen molar-refractivity contribution in [1.82, 2.24) is 29.9 Å². The first kappa shape index (κ1) is 25.8. The first-order chi connectivity index (χ1) is 18.6. The van der Waals surface area contributed by atoms with E-state index in [1.807, 2.05) is 6.92 Å². The number of amides is 2. The lowest BCUT2D eigenvalue weighted by molar-refractivity contribution is -0.141. The monoisotopic (exact) mass is 562 g/mol. The number of carbonyl (C=O) groups is 2. The predicted octanol–water partition coefficient (Wildman–Crippen LogP) is 4.61. The van der Waals surface area contributed by atoms with E-state index in [0.29, 0.717) is 35.9 Å². The number of fused-ring (bicyclic) bond motifs is 1. The molecule has 10 nitrogen and oxygen atoms in total. The van der Waals surface area contributed by atoms with Crippen molar-refractivity contribution in [2.45, 2.75) is 63.6 Å². The highest BCUT2D eigenvalue weighted by atomic mass is 32.1. The van der Waals surface area contributed by atoms with Crippen molar-refractivity contribution in [2.75, 3.05) is 17.2 Å². The van der Waals surface area contributed by atoms with Gasteiger partial charge in [0.15, 0.2) is 5.69 Å². The Morgan fingerprint density at radius 2 is 1.95 bits per heavy atom. The van der Waals surface area contributed by atoms with Gasteiger partial charge in [0.1, 0.15) is 17.1 Å². The third-order valence-corrected chi connectivity index (χ3v) is 8.90. The first-order valence-electron chi connectivity index (χ1n) is 13.1. The molecule has 3 heterocycles. The van der Waals surface area contributed by atoms with E-state index in [1.165, 1.54) is 18.4 Å². The average molecular weight is 563 g/mol. The van der Waals surface area contributed by atoms with Gasteiger partial charge in [0.2, 0.25) is 11.9 Å². The van der Waals surface area contributed by atoms with Crippen LogP contribution in [0, 0.1) is 11.8 Å². The fraction of sp³-hybridized carbons (Fsp3) is 0.560. The number of nitrogens with zero attached hydrogens (tertiary/aromatic N) is 5. The molecule has 0 aromatic carbocycles. The fourth-order valence-electron chi connectivity index (χ4n) is 5.19. The van der Waals surface area contributed by atoms with E-state index in [4.69, 9.17) is 0 Å². The fourth-order valence-corrected chi connectivity index (χ4v) is 6.51. The van der Waals surface area contributed by atoms with Gasteiger partial charge in [-0.25, -0.2) is 0 Å². The third kappa shape index (κ3) is 5.13. The van der Waals surface area contributed by atoms with Gasteiger partial charge in [-0.15, -0.1) is 21.5 Å².